The molecule has 3 heterocycles. The molecule has 0 aromatic rings. The van der Waals surface area contributed by atoms with Crippen molar-refractivity contribution in [1.29, 1.82) is 0 Å². The number of rotatable bonds is 4. The van der Waals surface area contributed by atoms with Crippen molar-refractivity contribution in [3.05, 3.63) is 12.2 Å². The summed E-state index contributed by atoms with van der Waals surface area (Å²) in [5.74, 6) is -2.67. The van der Waals surface area contributed by atoms with Gasteiger partial charge in [-0.25, -0.2) is 0 Å². The Labute approximate surface area is 117 Å². The first kappa shape index (κ1) is 13.6. The molecule has 3 rings (SSSR count). The van der Waals surface area contributed by atoms with Gasteiger partial charge in [0.15, 0.2) is 0 Å². The van der Waals surface area contributed by atoms with Gasteiger partial charge in [-0.2, -0.15) is 0 Å². The molecule has 3 aliphatic rings. The van der Waals surface area contributed by atoms with Crippen LogP contribution in [0.2, 0.25) is 0 Å². The number of carboxylic acids is 1. The Morgan fingerprint density at radius 2 is 2.00 bits per heavy atom. The molecule has 0 saturated carbocycles. The highest BCUT2D eigenvalue weighted by Crippen LogP contribution is 2.39. The van der Waals surface area contributed by atoms with E-state index in [0.29, 0.717) is 0 Å². The van der Waals surface area contributed by atoms with Crippen LogP contribution in [0.1, 0.15) is 19.8 Å². The SMILES string of the molecule is CC(NC(=O)C1C2C=CC(O2)C1C(=O)O)C1CCCO1. The van der Waals surface area contributed by atoms with Crippen LogP contribution < -0.4 is 5.32 Å². The fourth-order valence-corrected chi connectivity index (χ4v) is 3.33. The van der Waals surface area contributed by atoms with Gasteiger partial charge < -0.3 is 19.9 Å². The van der Waals surface area contributed by atoms with E-state index in [2.05, 4.69) is 5.32 Å². The summed E-state index contributed by atoms with van der Waals surface area (Å²) in [6.07, 6.45) is 4.57. The predicted octanol–water partition coefficient (Wildman–Crippen LogP) is 0.324. The van der Waals surface area contributed by atoms with Crippen molar-refractivity contribution in [2.24, 2.45) is 11.8 Å². The second-order valence-electron chi connectivity index (χ2n) is 5.69. The van der Waals surface area contributed by atoms with E-state index in [1.165, 1.54) is 0 Å². The van der Waals surface area contributed by atoms with E-state index in [9.17, 15) is 14.7 Å². The first-order valence-corrected chi connectivity index (χ1v) is 7.06. The predicted molar refractivity (Wildman–Crippen MR) is 69.0 cm³/mol. The molecule has 0 radical (unpaired) electrons. The highest BCUT2D eigenvalue weighted by atomic mass is 16.5. The molecule has 2 N–H and O–H groups in total. The number of fused-ring (bicyclic) bond motifs is 2. The first-order valence-electron chi connectivity index (χ1n) is 7.06. The summed E-state index contributed by atoms with van der Waals surface area (Å²) in [7, 11) is 0. The normalized spacial score (nSPS) is 40.0. The van der Waals surface area contributed by atoms with E-state index < -0.39 is 30.0 Å². The van der Waals surface area contributed by atoms with Gasteiger partial charge in [0.25, 0.3) is 0 Å². The Morgan fingerprint density at radius 1 is 1.30 bits per heavy atom. The molecule has 0 aromatic carbocycles. The Morgan fingerprint density at radius 3 is 2.60 bits per heavy atom. The average molecular weight is 281 g/mol. The van der Waals surface area contributed by atoms with Gasteiger partial charge >= 0.3 is 5.97 Å². The van der Waals surface area contributed by atoms with Crippen molar-refractivity contribution in [3.8, 4) is 0 Å². The molecule has 6 nitrogen and oxygen atoms in total. The monoisotopic (exact) mass is 281 g/mol. The van der Waals surface area contributed by atoms with Gasteiger partial charge in [-0.15, -0.1) is 0 Å². The molecule has 20 heavy (non-hydrogen) atoms. The number of hydrogen-bond donors (Lipinski definition) is 2. The molecule has 2 bridgehead atoms. The van der Waals surface area contributed by atoms with Gasteiger partial charge in [-0.1, -0.05) is 12.2 Å². The van der Waals surface area contributed by atoms with Gasteiger partial charge in [0.05, 0.1) is 30.3 Å². The lowest BCUT2D eigenvalue weighted by Crippen LogP contribution is -2.48. The maximum Gasteiger partial charge on any atom is 0.310 e. The van der Waals surface area contributed by atoms with Crippen molar-refractivity contribution in [2.45, 2.75) is 44.1 Å². The highest BCUT2D eigenvalue weighted by molar-refractivity contribution is 5.87. The Bertz CT molecular complexity index is 443. The van der Waals surface area contributed by atoms with E-state index in [4.69, 9.17) is 9.47 Å². The van der Waals surface area contributed by atoms with Crippen molar-refractivity contribution in [2.75, 3.05) is 6.61 Å². The lowest BCUT2D eigenvalue weighted by Gasteiger charge is -2.25. The molecular formula is C14H19NO5. The molecule has 1 amide bonds. The summed E-state index contributed by atoms with van der Waals surface area (Å²) in [5.41, 5.74) is 0. The standard InChI is InChI=1S/C14H19NO5/c1-7(8-3-2-6-19-8)15-13(16)11-9-4-5-10(20-9)12(11)14(17)18/h4-5,7-12H,2-3,6H2,1H3,(H,15,16)(H,17,18). The molecule has 2 fully saturated rings. The fraction of sp³-hybridized carbons (Fsp3) is 0.714. The second kappa shape index (κ2) is 5.18. The topological polar surface area (TPSA) is 84.9 Å². The second-order valence-corrected chi connectivity index (χ2v) is 5.69. The number of aliphatic carboxylic acids is 1. The van der Waals surface area contributed by atoms with Gasteiger partial charge in [0, 0.05) is 6.61 Å². The van der Waals surface area contributed by atoms with Crippen molar-refractivity contribution < 1.29 is 24.2 Å². The third-order valence-electron chi connectivity index (χ3n) is 4.38. The molecule has 0 aromatic heterocycles. The summed E-state index contributed by atoms with van der Waals surface area (Å²) in [5, 5.41) is 12.2. The van der Waals surface area contributed by atoms with E-state index in [1.807, 2.05) is 6.92 Å². The van der Waals surface area contributed by atoms with Crippen LogP contribution in [0.25, 0.3) is 0 Å². The largest absolute Gasteiger partial charge is 0.481 e. The Kier molecular flexibility index (Phi) is 3.52. The van der Waals surface area contributed by atoms with Crippen LogP contribution in [0.5, 0.6) is 0 Å². The number of nitrogens with one attached hydrogen (secondary N) is 1. The van der Waals surface area contributed by atoms with Crippen LogP contribution in [0.4, 0.5) is 0 Å². The molecule has 0 aliphatic carbocycles. The molecule has 2 saturated heterocycles. The summed E-state index contributed by atoms with van der Waals surface area (Å²) in [4.78, 5) is 23.7. The van der Waals surface area contributed by atoms with E-state index >= 15 is 0 Å². The smallest absolute Gasteiger partial charge is 0.310 e. The lowest BCUT2D eigenvalue weighted by molar-refractivity contribution is -0.147. The van der Waals surface area contributed by atoms with Gasteiger partial charge in [-0.3, -0.25) is 9.59 Å². The van der Waals surface area contributed by atoms with Gasteiger partial charge in [-0.05, 0) is 19.8 Å². The van der Waals surface area contributed by atoms with Crippen molar-refractivity contribution in [1.82, 2.24) is 5.32 Å². The summed E-state index contributed by atoms with van der Waals surface area (Å²) in [6.45, 7) is 2.62. The zero-order chi connectivity index (χ0) is 14.3. The minimum atomic E-state index is -0.980. The molecule has 0 spiro atoms. The minimum absolute atomic E-state index is 0.0253. The van der Waals surface area contributed by atoms with Crippen molar-refractivity contribution >= 4 is 11.9 Å². The summed E-state index contributed by atoms with van der Waals surface area (Å²) >= 11 is 0. The molecule has 6 atom stereocenters. The van der Waals surface area contributed by atoms with Crippen molar-refractivity contribution in [3.63, 3.8) is 0 Å². The number of carbonyl (C=O) groups excluding carboxylic acids is 1. The minimum Gasteiger partial charge on any atom is -0.481 e. The maximum absolute atomic E-state index is 12.4. The third kappa shape index (κ3) is 2.23. The maximum atomic E-state index is 12.4. The number of amides is 1. The summed E-state index contributed by atoms with van der Waals surface area (Å²) in [6, 6.07) is -0.109. The van der Waals surface area contributed by atoms with Gasteiger partial charge in [0.1, 0.15) is 5.92 Å². The molecule has 6 unspecified atom stereocenters. The van der Waals surface area contributed by atoms with E-state index in [-0.39, 0.29) is 18.1 Å². The molecular weight excluding hydrogens is 262 g/mol. The third-order valence-corrected chi connectivity index (χ3v) is 4.38. The molecule has 6 heteroatoms. The first-order chi connectivity index (χ1) is 9.58. The zero-order valence-electron chi connectivity index (χ0n) is 11.3. The van der Waals surface area contributed by atoms with Crippen LogP contribution in [0.3, 0.4) is 0 Å². The van der Waals surface area contributed by atoms with E-state index in [0.717, 1.165) is 19.4 Å². The zero-order valence-corrected chi connectivity index (χ0v) is 11.3. The Balaban J connectivity index is 1.67. The average Bonchev–Trinajstić information content (AvgIpc) is 3.13. The number of carbonyl (C=O) groups is 2. The van der Waals surface area contributed by atoms with E-state index in [1.54, 1.807) is 12.2 Å². The van der Waals surface area contributed by atoms with Crippen LogP contribution in [-0.2, 0) is 19.1 Å². The number of hydrogen-bond acceptors (Lipinski definition) is 4. The Hall–Kier alpha value is -1.40. The lowest BCUT2D eigenvalue weighted by atomic mass is 9.82. The molecule has 3 aliphatic heterocycles. The van der Waals surface area contributed by atoms with Crippen LogP contribution >= 0.6 is 0 Å². The molecule has 110 valence electrons. The number of carboxylic acid groups (broad SMARTS) is 1. The fourth-order valence-electron chi connectivity index (χ4n) is 3.33. The van der Waals surface area contributed by atoms with Crippen LogP contribution in [0, 0.1) is 11.8 Å². The van der Waals surface area contributed by atoms with Crippen LogP contribution in [-0.4, -0.2) is 47.9 Å². The summed E-state index contributed by atoms with van der Waals surface area (Å²) < 4.78 is 11.0. The van der Waals surface area contributed by atoms with Gasteiger partial charge in [0.2, 0.25) is 5.91 Å². The quantitative estimate of drug-likeness (QED) is 0.725. The van der Waals surface area contributed by atoms with Crippen LogP contribution in [0.15, 0.2) is 12.2 Å². The highest BCUT2D eigenvalue weighted by Gasteiger charge is 2.53. The number of ether oxygens (including phenoxy) is 2.